The molecule has 6 heteroatoms. The van der Waals surface area contributed by atoms with E-state index in [9.17, 15) is 9.59 Å². The van der Waals surface area contributed by atoms with E-state index in [0.29, 0.717) is 18.0 Å². The first-order valence-corrected chi connectivity index (χ1v) is 5.96. The minimum absolute atomic E-state index is 0.112. The molecule has 1 heterocycles. The number of methoxy groups -OCH3 is 1. The van der Waals surface area contributed by atoms with Gasteiger partial charge in [0, 0.05) is 25.8 Å². The topological polar surface area (TPSA) is 61.9 Å². The molecule has 1 N–H and O–H groups in total. The maximum absolute atomic E-state index is 11.9. The molecule has 1 saturated heterocycles. The van der Waals surface area contributed by atoms with Crippen LogP contribution in [0, 0.1) is 0 Å². The predicted octanol–water partition coefficient (Wildman–Crippen LogP) is 0.682. The van der Waals surface area contributed by atoms with Crippen LogP contribution >= 0.6 is 0 Å². The van der Waals surface area contributed by atoms with E-state index >= 15 is 0 Å². The van der Waals surface area contributed by atoms with Crippen molar-refractivity contribution in [3.05, 3.63) is 24.3 Å². The Hall–Kier alpha value is -2.24. The molecule has 2 rings (SSSR count). The van der Waals surface area contributed by atoms with Gasteiger partial charge in [-0.25, -0.2) is 4.79 Å². The second kappa shape index (κ2) is 5.17. The van der Waals surface area contributed by atoms with Gasteiger partial charge >= 0.3 is 6.03 Å². The maximum atomic E-state index is 11.9. The summed E-state index contributed by atoms with van der Waals surface area (Å²) in [6, 6.07) is 6.41. The molecule has 1 aliphatic heterocycles. The highest BCUT2D eigenvalue weighted by atomic mass is 16.5. The van der Waals surface area contributed by atoms with E-state index in [1.54, 1.807) is 33.3 Å². The molecule has 1 aliphatic rings. The molecule has 0 bridgehead atoms. The Morgan fingerprint density at radius 2 is 2.21 bits per heavy atom. The molecule has 3 amide bonds. The third kappa shape index (κ3) is 2.62. The number of hydrogen-bond acceptors (Lipinski definition) is 3. The van der Waals surface area contributed by atoms with E-state index in [1.165, 1.54) is 9.80 Å². The molecule has 0 saturated carbocycles. The Morgan fingerprint density at radius 1 is 1.47 bits per heavy atom. The normalized spacial score (nSPS) is 18.2. The van der Waals surface area contributed by atoms with E-state index in [0.717, 1.165) is 0 Å². The predicted molar refractivity (Wildman–Crippen MR) is 71.4 cm³/mol. The van der Waals surface area contributed by atoms with Crippen LogP contribution < -0.4 is 15.0 Å². The third-order valence-electron chi connectivity index (χ3n) is 3.01. The molecule has 1 atom stereocenters. The first kappa shape index (κ1) is 13.2. The fraction of sp³-hybridized carbons (Fsp3) is 0.385. The summed E-state index contributed by atoms with van der Waals surface area (Å²) in [7, 11) is 4.91. The molecule has 1 unspecified atom stereocenters. The van der Waals surface area contributed by atoms with E-state index in [-0.39, 0.29) is 11.9 Å². The minimum Gasteiger partial charge on any atom is -0.497 e. The second-order valence-electron chi connectivity index (χ2n) is 4.55. The molecule has 1 fully saturated rings. The molecular formula is C13H17N3O3. The van der Waals surface area contributed by atoms with E-state index < -0.39 is 6.04 Å². The van der Waals surface area contributed by atoms with Crippen LogP contribution in [0.5, 0.6) is 5.75 Å². The Kier molecular flexibility index (Phi) is 3.59. The Morgan fingerprint density at radius 3 is 2.84 bits per heavy atom. The zero-order chi connectivity index (χ0) is 14.0. The van der Waals surface area contributed by atoms with Crippen molar-refractivity contribution < 1.29 is 14.3 Å². The molecule has 102 valence electrons. The van der Waals surface area contributed by atoms with Crippen molar-refractivity contribution in [2.45, 2.75) is 6.04 Å². The van der Waals surface area contributed by atoms with Gasteiger partial charge in [0.05, 0.1) is 13.7 Å². The number of amides is 3. The number of carbonyl (C=O) groups is 2. The van der Waals surface area contributed by atoms with Gasteiger partial charge in [0.1, 0.15) is 11.8 Å². The molecule has 19 heavy (non-hydrogen) atoms. The van der Waals surface area contributed by atoms with Crippen molar-refractivity contribution in [3.63, 3.8) is 0 Å². The van der Waals surface area contributed by atoms with Crippen molar-refractivity contribution in [2.24, 2.45) is 0 Å². The molecule has 0 spiro atoms. The van der Waals surface area contributed by atoms with Crippen LogP contribution in [-0.4, -0.2) is 50.6 Å². The number of ether oxygens (including phenoxy) is 1. The highest BCUT2D eigenvalue weighted by Crippen LogP contribution is 2.23. The zero-order valence-corrected chi connectivity index (χ0v) is 11.2. The van der Waals surface area contributed by atoms with Crippen LogP contribution in [0.25, 0.3) is 0 Å². The van der Waals surface area contributed by atoms with Gasteiger partial charge < -0.3 is 15.0 Å². The number of nitrogens with one attached hydrogen (secondary N) is 1. The highest BCUT2D eigenvalue weighted by molar-refractivity contribution is 6.00. The van der Waals surface area contributed by atoms with Crippen molar-refractivity contribution >= 4 is 17.6 Å². The quantitative estimate of drug-likeness (QED) is 0.872. The molecule has 1 aromatic carbocycles. The van der Waals surface area contributed by atoms with Gasteiger partial charge in [-0.2, -0.15) is 0 Å². The number of hydrogen-bond donors (Lipinski definition) is 1. The van der Waals surface area contributed by atoms with Gasteiger partial charge in [-0.05, 0) is 12.1 Å². The monoisotopic (exact) mass is 263 g/mol. The fourth-order valence-electron chi connectivity index (χ4n) is 1.99. The summed E-state index contributed by atoms with van der Waals surface area (Å²) in [6.07, 6.45) is 0. The zero-order valence-electron chi connectivity index (χ0n) is 11.2. The largest absolute Gasteiger partial charge is 0.497 e. The average molecular weight is 263 g/mol. The van der Waals surface area contributed by atoms with E-state index in [2.05, 4.69) is 5.32 Å². The van der Waals surface area contributed by atoms with Crippen molar-refractivity contribution in [3.8, 4) is 5.75 Å². The smallest absolute Gasteiger partial charge is 0.322 e. The molecule has 0 aromatic heterocycles. The van der Waals surface area contributed by atoms with Gasteiger partial charge in [0.2, 0.25) is 5.91 Å². The van der Waals surface area contributed by atoms with Crippen molar-refractivity contribution in [1.82, 2.24) is 10.2 Å². The summed E-state index contributed by atoms with van der Waals surface area (Å²) in [6.45, 7) is 0.322. The molecule has 0 radical (unpaired) electrons. The average Bonchev–Trinajstić information content (AvgIpc) is 2.79. The lowest BCUT2D eigenvalue weighted by atomic mass is 10.2. The van der Waals surface area contributed by atoms with Crippen LogP contribution in [0.1, 0.15) is 0 Å². The summed E-state index contributed by atoms with van der Waals surface area (Å²) in [5, 5.41) is 2.68. The maximum Gasteiger partial charge on any atom is 0.322 e. The standard InChI is InChI=1S/C13H17N3O3/c1-15(2)12(17)11-8-16(13(18)14-11)9-5-4-6-10(7-9)19-3/h4-7,11H,8H2,1-3H3,(H,14,18). The van der Waals surface area contributed by atoms with Gasteiger partial charge in [-0.3, -0.25) is 9.69 Å². The summed E-state index contributed by atoms with van der Waals surface area (Å²) in [4.78, 5) is 26.8. The van der Waals surface area contributed by atoms with Crippen LogP contribution in [0.4, 0.5) is 10.5 Å². The molecular weight excluding hydrogens is 246 g/mol. The first-order valence-electron chi connectivity index (χ1n) is 5.96. The van der Waals surface area contributed by atoms with Crippen LogP contribution in [0.3, 0.4) is 0 Å². The third-order valence-corrected chi connectivity index (χ3v) is 3.01. The summed E-state index contributed by atoms with van der Waals surface area (Å²) in [5.41, 5.74) is 0.714. The lowest BCUT2D eigenvalue weighted by Crippen LogP contribution is -2.42. The van der Waals surface area contributed by atoms with E-state index in [1.807, 2.05) is 12.1 Å². The van der Waals surface area contributed by atoms with E-state index in [4.69, 9.17) is 4.74 Å². The lowest BCUT2D eigenvalue weighted by Gasteiger charge is -2.17. The number of benzene rings is 1. The SMILES string of the molecule is COc1cccc(N2CC(C(=O)N(C)C)NC2=O)c1. The number of anilines is 1. The number of carbonyl (C=O) groups excluding carboxylic acids is 2. The van der Waals surface area contributed by atoms with Gasteiger partial charge in [0.25, 0.3) is 0 Å². The van der Waals surface area contributed by atoms with Gasteiger partial charge in [-0.15, -0.1) is 0 Å². The van der Waals surface area contributed by atoms with Crippen LogP contribution in [0.2, 0.25) is 0 Å². The molecule has 1 aromatic rings. The summed E-state index contributed by atoms with van der Waals surface area (Å²) in [5.74, 6) is 0.562. The first-order chi connectivity index (χ1) is 9.02. The lowest BCUT2D eigenvalue weighted by molar-refractivity contribution is -0.130. The number of nitrogens with zero attached hydrogens (tertiary/aromatic N) is 2. The van der Waals surface area contributed by atoms with Crippen molar-refractivity contribution in [2.75, 3.05) is 32.6 Å². The molecule has 0 aliphatic carbocycles. The molecule has 6 nitrogen and oxygen atoms in total. The number of likely N-dealkylation sites (N-methyl/N-ethyl adjacent to an activating group) is 1. The number of urea groups is 1. The minimum atomic E-state index is -0.506. The number of rotatable bonds is 3. The Balaban J connectivity index is 2.17. The van der Waals surface area contributed by atoms with Crippen LogP contribution in [0.15, 0.2) is 24.3 Å². The second-order valence-corrected chi connectivity index (χ2v) is 4.55. The summed E-state index contributed by atoms with van der Waals surface area (Å²) < 4.78 is 5.13. The Bertz CT molecular complexity index is 502. The fourth-order valence-corrected chi connectivity index (χ4v) is 1.99. The van der Waals surface area contributed by atoms with Crippen LogP contribution in [-0.2, 0) is 4.79 Å². The highest BCUT2D eigenvalue weighted by Gasteiger charge is 2.35. The van der Waals surface area contributed by atoms with Gasteiger partial charge in [0.15, 0.2) is 0 Å². The van der Waals surface area contributed by atoms with Gasteiger partial charge in [-0.1, -0.05) is 6.07 Å². The summed E-state index contributed by atoms with van der Waals surface area (Å²) >= 11 is 0. The van der Waals surface area contributed by atoms with Crippen molar-refractivity contribution in [1.29, 1.82) is 0 Å². The Labute approximate surface area is 111 Å².